The smallest absolute Gasteiger partial charge is 0.241 e. The molecule has 130 valence electrons. The van der Waals surface area contributed by atoms with Gasteiger partial charge in [-0.25, -0.2) is 23.1 Å². The van der Waals surface area contributed by atoms with E-state index in [1.165, 1.54) is 6.07 Å². The summed E-state index contributed by atoms with van der Waals surface area (Å²) in [6, 6.07) is 8.78. The summed E-state index contributed by atoms with van der Waals surface area (Å²) in [5, 5.41) is 0.428. The Morgan fingerprint density at radius 1 is 1.32 bits per heavy atom. The number of hydrogen-bond acceptors (Lipinski definition) is 4. The van der Waals surface area contributed by atoms with Crippen molar-refractivity contribution in [2.75, 3.05) is 0 Å². The molecule has 1 aliphatic carbocycles. The van der Waals surface area contributed by atoms with E-state index in [1.54, 1.807) is 18.3 Å². The van der Waals surface area contributed by atoms with E-state index in [-0.39, 0.29) is 11.4 Å². The predicted molar refractivity (Wildman–Crippen MR) is 96.0 cm³/mol. The van der Waals surface area contributed by atoms with E-state index in [2.05, 4.69) is 14.7 Å². The topological polar surface area (TPSA) is 76.9 Å². The van der Waals surface area contributed by atoms with Crippen LogP contribution in [-0.4, -0.2) is 23.0 Å². The second-order valence-corrected chi connectivity index (χ2v) is 8.39. The number of benzene rings is 1. The summed E-state index contributed by atoms with van der Waals surface area (Å²) in [7, 11) is -3.67. The summed E-state index contributed by atoms with van der Waals surface area (Å²) in [4.78, 5) is 9.09. The lowest BCUT2D eigenvalue weighted by Gasteiger charge is -2.10. The number of fused-ring (bicyclic) bond motifs is 1. The molecule has 0 atom stereocenters. The van der Waals surface area contributed by atoms with E-state index in [9.17, 15) is 8.42 Å². The first-order valence-electron chi connectivity index (χ1n) is 8.03. The van der Waals surface area contributed by atoms with Crippen molar-refractivity contribution in [1.29, 1.82) is 0 Å². The zero-order chi connectivity index (χ0) is 17.6. The summed E-state index contributed by atoms with van der Waals surface area (Å²) >= 11 is 6.05. The van der Waals surface area contributed by atoms with E-state index in [0.29, 0.717) is 16.9 Å². The molecule has 1 fully saturated rings. The first-order valence-corrected chi connectivity index (χ1v) is 9.89. The standard InChI is InChI=1S/C17H17ClN4O2S/c1-11-4-7-13(9-14(11)18)25(23,24)20-10-16-21-15-3-2-8-19-17(15)22(16)12-5-6-12/h2-4,7-9,12,20H,5-6,10H2,1H3. The molecule has 2 aromatic heterocycles. The molecule has 0 amide bonds. The number of aromatic nitrogens is 3. The van der Waals surface area contributed by atoms with Crippen LogP contribution in [0.4, 0.5) is 0 Å². The number of hydrogen-bond donors (Lipinski definition) is 1. The highest BCUT2D eigenvalue weighted by atomic mass is 35.5. The minimum Gasteiger partial charge on any atom is -0.308 e. The molecule has 4 rings (SSSR count). The van der Waals surface area contributed by atoms with Crippen LogP contribution in [-0.2, 0) is 16.6 Å². The monoisotopic (exact) mass is 376 g/mol. The number of nitrogens with one attached hydrogen (secondary N) is 1. The summed E-state index contributed by atoms with van der Waals surface area (Å²) in [6.07, 6.45) is 3.86. The summed E-state index contributed by atoms with van der Waals surface area (Å²) in [6.45, 7) is 1.94. The van der Waals surface area contributed by atoms with Gasteiger partial charge < -0.3 is 4.57 Å². The number of nitrogens with zero attached hydrogens (tertiary/aromatic N) is 3. The highest BCUT2D eigenvalue weighted by molar-refractivity contribution is 7.89. The molecule has 0 spiro atoms. The molecule has 2 heterocycles. The molecular weight excluding hydrogens is 360 g/mol. The summed E-state index contributed by atoms with van der Waals surface area (Å²) in [5.41, 5.74) is 2.42. The Labute approximate surface area is 150 Å². The van der Waals surface area contributed by atoms with Gasteiger partial charge in [-0.15, -0.1) is 0 Å². The van der Waals surface area contributed by atoms with Crippen LogP contribution in [0.5, 0.6) is 0 Å². The van der Waals surface area contributed by atoms with Gasteiger partial charge >= 0.3 is 0 Å². The van der Waals surface area contributed by atoms with Gasteiger partial charge in [0.05, 0.1) is 11.4 Å². The second-order valence-electron chi connectivity index (χ2n) is 6.21. The minimum absolute atomic E-state index is 0.112. The van der Waals surface area contributed by atoms with Crippen LogP contribution < -0.4 is 4.72 Å². The van der Waals surface area contributed by atoms with Crippen molar-refractivity contribution in [2.45, 2.75) is 37.2 Å². The Kier molecular flexibility index (Phi) is 4.02. The lowest BCUT2D eigenvalue weighted by Crippen LogP contribution is -2.25. The zero-order valence-corrected chi connectivity index (χ0v) is 15.2. The van der Waals surface area contributed by atoms with Crippen LogP contribution in [0.25, 0.3) is 11.2 Å². The first kappa shape index (κ1) is 16.5. The fraction of sp³-hybridized carbons (Fsp3) is 0.294. The third-order valence-electron chi connectivity index (χ3n) is 4.31. The summed E-state index contributed by atoms with van der Waals surface area (Å²) < 4.78 is 29.8. The van der Waals surface area contributed by atoms with Crippen LogP contribution in [0.3, 0.4) is 0 Å². The third kappa shape index (κ3) is 3.15. The molecule has 1 saturated carbocycles. The highest BCUT2D eigenvalue weighted by Crippen LogP contribution is 2.38. The Balaban J connectivity index is 1.63. The lowest BCUT2D eigenvalue weighted by molar-refractivity contribution is 0.575. The number of imidazole rings is 1. The molecule has 0 aliphatic heterocycles. The van der Waals surface area contributed by atoms with Crippen molar-refractivity contribution in [3.8, 4) is 0 Å². The van der Waals surface area contributed by atoms with Crippen LogP contribution >= 0.6 is 11.6 Å². The number of halogens is 1. The lowest BCUT2D eigenvalue weighted by atomic mass is 10.2. The maximum absolute atomic E-state index is 12.6. The summed E-state index contributed by atoms with van der Waals surface area (Å²) in [5.74, 6) is 0.679. The van der Waals surface area contributed by atoms with E-state index >= 15 is 0 Å². The Bertz CT molecular complexity index is 1060. The largest absolute Gasteiger partial charge is 0.308 e. The van der Waals surface area contributed by atoms with Crippen molar-refractivity contribution in [3.05, 3.63) is 52.9 Å². The SMILES string of the molecule is Cc1ccc(S(=O)(=O)NCc2nc3cccnc3n2C2CC2)cc1Cl. The number of pyridine rings is 1. The van der Waals surface area contributed by atoms with Gasteiger partial charge in [0.15, 0.2) is 5.65 Å². The molecule has 0 bridgehead atoms. The Morgan fingerprint density at radius 2 is 2.12 bits per heavy atom. The first-order chi connectivity index (χ1) is 12.0. The van der Waals surface area contributed by atoms with Crippen molar-refractivity contribution in [1.82, 2.24) is 19.3 Å². The molecule has 8 heteroatoms. The molecule has 25 heavy (non-hydrogen) atoms. The Hall–Kier alpha value is -1.96. The van der Waals surface area contributed by atoms with E-state index < -0.39 is 10.0 Å². The number of aryl methyl sites for hydroxylation is 1. The predicted octanol–water partition coefficient (Wildman–Crippen LogP) is 3.21. The van der Waals surface area contributed by atoms with Crippen LogP contribution in [0, 0.1) is 6.92 Å². The van der Waals surface area contributed by atoms with Crippen LogP contribution in [0.1, 0.15) is 30.3 Å². The van der Waals surface area contributed by atoms with Crippen LogP contribution in [0.2, 0.25) is 5.02 Å². The van der Waals surface area contributed by atoms with Crippen LogP contribution in [0.15, 0.2) is 41.4 Å². The van der Waals surface area contributed by atoms with Crippen molar-refractivity contribution >= 4 is 32.8 Å². The van der Waals surface area contributed by atoms with Gasteiger partial charge in [0.25, 0.3) is 0 Å². The Morgan fingerprint density at radius 3 is 2.84 bits per heavy atom. The fourth-order valence-corrected chi connectivity index (χ4v) is 4.05. The average molecular weight is 377 g/mol. The maximum atomic E-state index is 12.6. The fourth-order valence-electron chi connectivity index (χ4n) is 2.80. The molecule has 3 aromatic rings. The van der Waals surface area contributed by atoms with E-state index in [4.69, 9.17) is 11.6 Å². The van der Waals surface area contributed by atoms with Crippen molar-refractivity contribution in [3.63, 3.8) is 0 Å². The van der Waals surface area contributed by atoms with Gasteiger partial charge in [0, 0.05) is 17.3 Å². The molecular formula is C17H17ClN4O2S. The average Bonchev–Trinajstić information content (AvgIpc) is 3.35. The maximum Gasteiger partial charge on any atom is 0.241 e. The molecule has 6 nitrogen and oxygen atoms in total. The number of sulfonamides is 1. The zero-order valence-electron chi connectivity index (χ0n) is 13.6. The molecule has 0 radical (unpaired) electrons. The van der Waals surface area contributed by atoms with Gasteiger partial charge in [-0.2, -0.15) is 0 Å². The van der Waals surface area contributed by atoms with Gasteiger partial charge in [-0.05, 0) is 49.6 Å². The highest BCUT2D eigenvalue weighted by Gasteiger charge is 2.29. The second kappa shape index (κ2) is 6.09. The van der Waals surface area contributed by atoms with Gasteiger partial charge in [0.1, 0.15) is 11.3 Å². The molecule has 0 saturated heterocycles. The molecule has 1 aromatic carbocycles. The molecule has 1 N–H and O–H groups in total. The van der Waals surface area contributed by atoms with E-state index in [1.807, 2.05) is 23.6 Å². The normalized spacial score (nSPS) is 15.0. The molecule has 1 aliphatic rings. The minimum atomic E-state index is -3.67. The van der Waals surface area contributed by atoms with Crippen molar-refractivity contribution in [2.24, 2.45) is 0 Å². The van der Waals surface area contributed by atoms with Crippen molar-refractivity contribution < 1.29 is 8.42 Å². The quantitative estimate of drug-likeness (QED) is 0.741. The van der Waals surface area contributed by atoms with Gasteiger partial charge in [-0.1, -0.05) is 17.7 Å². The van der Waals surface area contributed by atoms with Gasteiger partial charge in [-0.3, -0.25) is 0 Å². The third-order valence-corrected chi connectivity index (χ3v) is 6.11. The molecule has 0 unspecified atom stereocenters. The van der Waals surface area contributed by atoms with E-state index in [0.717, 1.165) is 29.6 Å². The van der Waals surface area contributed by atoms with Gasteiger partial charge in [0.2, 0.25) is 10.0 Å². The number of rotatable bonds is 5.